The van der Waals surface area contributed by atoms with Crippen LogP contribution in [0.1, 0.15) is 52.4 Å². The minimum Gasteiger partial charge on any atom is -0.271 e. The third-order valence-electron chi connectivity index (χ3n) is 3.88. The molecule has 0 amide bonds. The SMILES string of the molecule is C#CCCCC(NN)C1CCCC1(C)C. The molecule has 86 valence electrons. The second-order valence-electron chi connectivity index (χ2n) is 5.36. The highest BCUT2D eigenvalue weighted by Gasteiger charge is 2.38. The van der Waals surface area contributed by atoms with Gasteiger partial charge in [-0.2, -0.15) is 0 Å². The Bertz CT molecular complexity index is 227. The number of rotatable bonds is 5. The van der Waals surface area contributed by atoms with Crippen LogP contribution in [0.15, 0.2) is 0 Å². The Morgan fingerprint density at radius 3 is 2.80 bits per heavy atom. The molecule has 1 aliphatic rings. The fraction of sp³-hybridized carbons (Fsp3) is 0.846. The third kappa shape index (κ3) is 3.22. The molecule has 1 rings (SSSR count). The second kappa shape index (κ2) is 5.53. The molecule has 0 aromatic rings. The summed E-state index contributed by atoms with van der Waals surface area (Å²) >= 11 is 0. The topological polar surface area (TPSA) is 38.0 Å². The molecule has 2 unspecified atom stereocenters. The molecule has 2 atom stereocenters. The maximum atomic E-state index is 5.65. The highest BCUT2D eigenvalue weighted by molar-refractivity contribution is 4.92. The maximum Gasteiger partial charge on any atom is 0.0244 e. The summed E-state index contributed by atoms with van der Waals surface area (Å²) in [5.74, 6) is 9.05. The first-order valence-corrected chi connectivity index (χ1v) is 6.01. The van der Waals surface area contributed by atoms with Crippen molar-refractivity contribution in [2.75, 3.05) is 0 Å². The Kier molecular flexibility index (Phi) is 4.63. The summed E-state index contributed by atoms with van der Waals surface area (Å²) in [5.41, 5.74) is 3.43. The van der Waals surface area contributed by atoms with Crippen molar-refractivity contribution in [2.45, 2.75) is 58.4 Å². The quantitative estimate of drug-likeness (QED) is 0.315. The van der Waals surface area contributed by atoms with E-state index in [9.17, 15) is 0 Å². The molecule has 0 aliphatic heterocycles. The molecular formula is C13H24N2. The minimum atomic E-state index is 0.438. The summed E-state index contributed by atoms with van der Waals surface area (Å²) in [4.78, 5) is 0. The molecule has 1 fully saturated rings. The van der Waals surface area contributed by atoms with Gasteiger partial charge in [-0.3, -0.25) is 11.3 Å². The molecule has 2 nitrogen and oxygen atoms in total. The van der Waals surface area contributed by atoms with Crippen molar-refractivity contribution in [3.63, 3.8) is 0 Å². The van der Waals surface area contributed by atoms with Gasteiger partial charge in [0.25, 0.3) is 0 Å². The Hall–Kier alpha value is -0.520. The highest BCUT2D eigenvalue weighted by atomic mass is 15.2. The largest absolute Gasteiger partial charge is 0.271 e. The van der Waals surface area contributed by atoms with Gasteiger partial charge in [-0.25, -0.2) is 0 Å². The molecule has 0 radical (unpaired) electrons. The van der Waals surface area contributed by atoms with Gasteiger partial charge in [0.1, 0.15) is 0 Å². The van der Waals surface area contributed by atoms with Crippen LogP contribution < -0.4 is 11.3 Å². The molecule has 0 spiro atoms. The summed E-state index contributed by atoms with van der Waals surface area (Å²) in [6.07, 6.45) is 12.3. The molecule has 1 aliphatic carbocycles. The van der Waals surface area contributed by atoms with Crippen molar-refractivity contribution in [3.8, 4) is 12.3 Å². The van der Waals surface area contributed by atoms with Gasteiger partial charge in [0.05, 0.1) is 0 Å². The Morgan fingerprint density at radius 1 is 1.60 bits per heavy atom. The van der Waals surface area contributed by atoms with Crippen molar-refractivity contribution in [1.29, 1.82) is 0 Å². The summed E-state index contributed by atoms with van der Waals surface area (Å²) in [6.45, 7) is 4.71. The van der Waals surface area contributed by atoms with E-state index in [0.29, 0.717) is 17.4 Å². The van der Waals surface area contributed by atoms with E-state index in [0.717, 1.165) is 19.3 Å². The minimum absolute atomic E-state index is 0.438. The van der Waals surface area contributed by atoms with Gasteiger partial charge in [0.15, 0.2) is 0 Å². The number of hydrogen-bond donors (Lipinski definition) is 2. The zero-order chi connectivity index (χ0) is 11.3. The van der Waals surface area contributed by atoms with Crippen LogP contribution in [-0.4, -0.2) is 6.04 Å². The fourth-order valence-electron chi connectivity index (χ4n) is 2.92. The molecular weight excluding hydrogens is 184 g/mol. The third-order valence-corrected chi connectivity index (χ3v) is 3.88. The summed E-state index contributed by atoms with van der Waals surface area (Å²) in [7, 11) is 0. The molecule has 3 N–H and O–H groups in total. The zero-order valence-corrected chi connectivity index (χ0v) is 10.1. The molecule has 0 aromatic carbocycles. The van der Waals surface area contributed by atoms with Crippen LogP contribution in [0, 0.1) is 23.7 Å². The van der Waals surface area contributed by atoms with E-state index >= 15 is 0 Å². The van der Waals surface area contributed by atoms with E-state index in [1.807, 2.05) is 0 Å². The molecule has 2 heteroatoms. The Labute approximate surface area is 94.0 Å². The Balaban J connectivity index is 2.47. The number of nitrogens with two attached hydrogens (primary N) is 1. The molecule has 0 heterocycles. The second-order valence-corrected chi connectivity index (χ2v) is 5.36. The van der Waals surface area contributed by atoms with Gasteiger partial charge < -0.3 is 0 Å². The van der Waals surface area contributed by atoms with Gasteiger partial charge in [0.2, 0.25) is 0 Å². The average Bonchev–Trinajstić information content (AvgIpc) is 2.53. The lowest BCUT2D eigenvalue weighted by molar-refractivity contribution is 0.189. The zero-order valence-electron chi connectivity index (χ0n) is 10.1. The molecule has 1 saturated carbocycles. The van der Waals surface area contributed by atoms with Gasteiger partial charge in [-0.05, 0) is 37.0 Å². The highest BCUT2D eigenvalue weighted by Crippen LogP contribution is 2.45. The van der Waals surface area contributed by atoms with Crippen LogP contribution in [0.5, 0.6) is 0 Å². The first-order chi connectivity index (χ1) is 7.11. The number of hydrogen-bond acceptors (Lipinski definition) is 2. The summed E-state index contributed by atoms with van der Waals surface area (Å²) < 4.78 is 0. The van der Waals surface area contributed by atoms with E-state index in [1.165, 1.54) is 19.3 Å². The van der Waals surface area contributed by atoms with Crippen molar-refractivity contribution in [2.24, 2.45) is 17.2 Å². The molecule has 15 heavy (non-hydrogen) atoms. The van der Waals surface area contributed by atoms with Gasteiger partial charge in [-0.1, -0.05) is 20.3 Å². The van der Waals surface area contributed by atoms with Crippen LogP contribution in [0.3, 0.4) is 0 Å². The molecule has 0 bridgehead atoms. The standard InChI is InChI=1S/C13H24N2/c1-4-5-6-9-12(15-14)11-8-7-10-13(11,2)3/h1,11-12,15H,5-10,14H2,2-3H3. The van der Waals surface area contributed by atoms with E-state index in [4.69, 9.17) is 12.3 Å². The van der Waals surface area contributed by atoms with E-state index in [1.54, 1.807) is 0 Å². The number of unbranched alkanes of at least 4 members (excludes halogenated alkanes) is 1. The number of hydrazine groups is 1. The van der Waals surface area contributed by atoms with Gasteiger partial charge >= 0.3 is 0 Å². The number of terminal acetylenes is 1. The summed E-state index contributed by atoms with van der Waals surface area (Å²) in [5, 5.41) is 0. The lowest BCUT2D eigenvalue weighted by Crippen LogP contribution is -2.44. The first-order valence-electron chi connectivity index (χ1n) is 6.01. The van der Waals surface area contributed by atoms with Crippen molar-refractivity contribution < 1.29 is 0 Å². The predicted octanol–water partition coefficient (Wildman–Crippen LogP) is 2.45. The predicted molar refractivity (Wildman–Crippen MR) is 64.9 cm³/mol. The van der Waals surface area contributed by atoms with Crippen molar-refractivity contribution in [3.05, 3.63) is 0 Å². The van der Waals surface area contributed by atoms with Crippen molar-refractivity contribution in [1.82, 2.24) is 5.43 Å². The van der Waals surface area contributed by atoms with Crippen LogP contribution in [0.25, 0.3) is 0 Å². The normalized spacial score (nSPS) is 26.1. The van der Waals surface area contributed by atoms with Crippen LogP contribution in [-0.2, 0) is 0 Å². The smallest absolute Gasteiger partial charge is 0.0244 e. The summed E-state index contributed by atoms with van der Waals surface area (Å²) in [6, 6.07) is 0.441. The van der Waals surface area contributed by atoms with Crippen LogP contribution >= 0.6 is 0 Å². The fourth-order valence-corrected chi connectivity index (χ4v) is 2.92. The van der Waals surface area contributed by atoms with Crippen LogP contribution in [0.2, 0.25) is 0 Å². The maximum absolute atomic E-state index is 5.65. The first kappa shape index (κ1) is 12.5. The lowest BCUT2D eigenvalue weighted by atomic mass is 9.76. The monoisotopic (exact) mass is 208 g/mol. The average molecular weight is 208 g/mol. The van der Waals surface area contributed by atoms with E-state index < -0.39 is 0 Å². The van der Waals surface area contributed by atoms with Gasteiger partial charge in [0, 0.05) is 12.5 Å². The van der Waals surface area contributed by atoms with Gasteiger partial charge in [-0.15, -0.1) is 12.3 Å². The molecule has 0 saturated heterocycles. The van der Waals surface area contributed by atoms with Crippen molar-refractivity contribution >= 4 is 0 Å². The van der Waals surface area contributed by atoms with E-state index in [2.05, 4.69) is 25.2 Å². The van der Waals surface area contributed by atoms with Crippen LogP contribution in [0.4, 0.5) is 0 Å². The van der Waals surface area contributed by atoms with E-state index in [-0.39, 0.29) is 0 Å². The Morgan fingerprint density at radius 2 is 2.33 bits per heavy atom. The molecule has 0 aromatic heterocycles. The lowest BCUT2D eigenvalue weighted by Gasteiger charge is -2.33. The number of nitrogens with one attached hydrogen (secondary N) is 1.